The maximum absolute atomic E-state index is 13.6. The van der Waals surface area contributed by atoms with E-state index in [0.29, 0.717) is 0 Å². The van der Waals surface area contributed by atoms with Gasteiger partial charge in [0.15, 0.2) is 11.9 Å². The number of anilines is 3. The average Bonchev–Trinajstić information content (AvgIpc) is 3.59. The third kappa shape index (κ3) is 4.85. The van der Waals surface area contributed by atoms with E-state index in [0.717, 1.165) is 32.2 Å². The second-order valence-corrected chi connectivity index (χ2v) is 7.77. The number of hydrogen-bond acceptors (Lipinski definition) is 7. The van der Waals surface area contributed by atoms with E-state index in [9.17, 15) is 22.8 Å². The Morgan fingerprint density at radius 2 is 2.03 bits per heavy atom. The Hall–Kier alpha value is -3.87. The first-order valence-corrected chi connectivity index (χ1v) is 10.4. The third-order valence-electron chi connectivity index (χ3n) is 5.42. The fourth-order valence-corrected chi connectivity index (χ4v) is 3.61. The molecule has 4 rings (SSSR count). The van der Waals surface area contributed by atoms with E-state index >= 15 is 0 Å². The molecular weight excluding hydrogens is 469 g/mol. The van der Waals surface area contributed by atoms with Gasteiger partial charge < -0.3 is 25.4 Å². The summed E-state index contributed by atoms with van der Waals surface area (Å²) in [6, 6.07) is 2.47. The summed E-state index contributed by atoms with van der Waals surface area (Å²) in [5.41, 5.74) is -0.307. The molecule has 35 heavy (non-hydrogen) atoms. The lowest BCUT2D eigenvalue weighted by Crippen LogP contribution is -2.23. The highest BCUT2D eigenvalue weighted by Crippen LogP contribution is 2.43. The second kappa shape index (κ2) is 9.41. The summed E-state index contributed by atoms with van der Waals surface area (Å²) < 4.78 is 74.2. The molecule has 3 aromatic heterocycles. The van der Waals surface area contributed by atoms with Gasteiger partial charge in [-0.15, -0.1) is 0 Å². The second-order valence-electron chi connectivity index (χ2n) is 7.77. The number of amides is 2. The van der Waals surface area contributed by atoms with E-state index < -0.39 is 25.2 Å². The lowest BCUT2D eigenvalue weighted by molar-refractivity contribution is -0.216. The SMILES string of the molecule is [2H]C([2H])([2H])NC(=O)c1cnc(NC(=O)C2CC2)cc1Nc1cnn2ccc([C@H](OC)C(F)(F)F)c(OC)c12. The topological polar surface area (TPSA) is 119 Å². The zero-order valence-corrected chi connectivity index (χ0v) is 18.6. The summed E-state index contributed by atoms with van der Waals surface area (Å²) in [4.78, 5) is 29.0. The van der Waals surface area contributed by atoms with Gasteiger partial charge in [-0.25, -0.2) is 9.50 Å². The number of fused-ring (bicyclic) bond motifs is 1. The van der Waals surface area contributed by atoms with E-state index in [4.69, 9.17) is 13.6 Å². The summed E-state index contributed by atoms with van der Waals surface area (Å²) in [5, 5.41) is 11.5. The molecule has 0 saturated heterocycles. The average molecular weight is 495 g/mol. The van der Waals surface area contributed by atoms with Gasteiger partial charge in [0, 0.05) is 48.1 Å². The predicted molar refractivity (Wildman–Crippen MR) is 120 cm³/mol. The summed E-state index contributed by atoms with van der Waals surface area (Å²) in [6.07, 6.45) is -1.92. The van der Waals surface area contributed by atoms with Gasteiger partial charge in [0.25, 0.3) is 5.91 Å². The van der Waals surface area contributed by atoms with Crippen molar-refractivity contribution in [3.05, 3.63) is 41.9 Å². The molecule has 186 valence electrons. The molecule has 1 atom stereocenters. The minimum absolute atomic E-state index is 0.00863. The van der Waals surface area contributed by atoms with E-state index in [1.165, 1.54) is 30.1 Å². The third-order valence-corrected chi connectivity index (χ3v) is 5.42. The van der Waals surface area contributed by atoms with Crippen molar-refractivity contribution in [2.45, 2.75) is 25.1 Å². The van der Waals surface area contributed by atoms with Crippen molar-refractivity contribution < 1.29 is 36.3 Å². The van der Waals surface area contributed by atoms with Crippen LogP contribution in [0.15, 0.2) is 30.7 Å². The van der Waals surface area contributed by atoms with Gasteiger partial charge in [0.05, 0.1) is 30.2 Å². The molecule has 1 saturated carbocycles. The minimum atomic E-state index is -4.74. The molecule has 0 aliphatic heterocycles. The van der Waals surface area contributed by atoms with E-state index in [1.807, 2.05) is 5.32 Å². The Balaban J connectivity index is 1.79. The summed E-state index contributed by atoms with van der Waals surface area (Å²) in [6.45, 7) is -2.80. The lowest BCUT2D eigenvalue weighted by atomic mass is 10.1. The van der Waals surface area contributed by atoms with Crippen molar-refractivity contribution in [3.63, 3.8) is 0 Å². The van der Waals surface area contributed by atoms with Crippen LogP contribution in [0.25, 0.3) is 5.52 Å². The number of carbonyl (C=O) groups is 2. The maximum Gasteiger partial charge on any atom is 0.418 e. The monoisotopic (exact) mass is 495 g/mol. The number of methoxy groups -OCH3 is 2. The smallest absolute Gasteiger partial charge is 0.418 e. The first kappa shape index (κ1) is 20.5. The molecule has 3 N–H and O–H groups in total. The van der Waals surface area contributed by atoms with Crippen LogP contribution in [0.5, 0.6) is 5.75 Å². The minimum Gasteiger partial charge on any atom is -0.494 e. The maximum atomic E-state index is 13.6. The summed E-state index contributed by atoms with van der Waals surface area (Å²) in [7, 11) is 2.10. The van der Waals surface area contributed by atoms with E-state index in [-0.39, 0.29) is 51.4 Å². The number of hydrogen-bond donors (Lipinski definition) is 3. The summed E-state index contributed by atoms with van der Waals surface area (Å²) >= 11 is 0. The Bertz CT molecular complexity index is 1370. The first-order chi connectivity index (χ1) is 17.8. The van der Waals surface area contributed by atoms with Crippen LogP contribution in [0.4, 0.5) is 30.4 Å². The fourth-order valence-electron chi connectivity index (χ4n) is 3.61. The molecule has 0 bridgehead atoms. The molecule has 13 heteroatoms. The number of carbonyl (C=O) groups excluding carboxylic acids is 2. The van der Waals surface area contributed by atoms with E-state index in [2.05, 4.69) is 20.7 Å². The zero-order chi connectivity index (χ0) is 27.8. The van der Waals surface area contributed by atoms with Crippen molar-refractivity contribution in [1.29, 1.82) is 0 Å². The Kier molecular flexibility index (Phi) is 5.51. The normalized spacial score (nSPS) is 16.1. The van der Waals surface area contributed by atoms with E-state index in [1.54, 1.807) is 0 Å². The molecule has 0 spiro atoms. The Morgan fingerprint density at radius 3 is 2.66 bits per heavy atom. The zero-order valence-electron chi connectivity index (χ0n) is 21.6. The predicted octanol–water partition coefficient (Wildman–Crippen LogP) is 3.44. The number of nitrogens with one attached hydrogen (secondary N) is 3. The molecule has 2 amide bonds. The number of ether oxygens (including phenoxy) is 2. The van der Waals surface area contributed by atoms with Crippen molar-refractivity contribution in [3.8, 4) is 5.75 Å². The van der Waals surface area contributed by atoms with Gasteiger partial charge in [-0.2, -0.15) is 18.3 Å². The van der Waals surface area contributed by atoms with Crippen molar-refractivity contribution in [2.75, 3.05) is 31.8 Å². The highest BCUT2D eigenvalue weighted by atomic mass is 19.4. The number of halogens is 3. The molecule has 0 radical (unpaired) electrons. The van der Waals surface area contributed by atoms with Crippen LogP contribution in [0.1, 0.15) is 39.0 Å². The Labute approximate surface area is 202 Å². The molecule has 0 unspecified atom stereocenters. The van der Waals surface area contributed by atoms with Crippen LogP contribution in [0.3, 0.4) is 0 Å². The molecule has 0 aromatic carbocycles. The van der Waals surface area contributed by atoms with Gasteiger partial charge in [-0.1, -0.05) is 0 Å². The van der Waals surface area contributed by atoms with Gasteiger partial charge in [-0.3, -0.25) is 9.59 Å². The number of nitrogens with zero attached hydrogens (tertiary/aromatic N) is 3. The van der Waals surface area contributed by atoms with Gasteiger partial charge in [-0.05, 0) is 18.9 Å². The van der Waals surface area contributed by atoms with Gasteiger partial charge in [0.1, 0.15) is 11.3 Å². The van der Waals surface area contributed by atoms with Crippen molar-refractivity contribution in [1.82, 2.24) is 19.9 Å². The lowest BCUT2D eigenvalue weighted by Gasteiger charge is -2.22. The molecule has 1 aliphatic carbocycles. The van der Waals surface area contributed by atoms with Crippen molar-refractivity contribution in [2.24, 2.45) is 5.92 Å². The largest absolute Gasteiger partial charge is 0.494 e. The highest BCUT2D eigenvalue weighted by Gasteiger charge is 2.43. The fraction of sp³-hybridized carbons (Fsp3) is 0.364. The molecule has 3 aromatic rings. The van der Waals surface area contributed by atoms with Crippen LogP contribution in [0, 0.1) is 5.92 Å². The van der Waals surface area contributed by atoms with Crippen molar-refractivity contribution >= 4 is 34.5 Å². The van der Waals surface area contributed by atoms with Gasteiger partial charge in [0.2, 0.25) is 5.91 Å². The number of aromatic nitrogens is 3. The Morgan fingerprint density at radius 1 is 1.26 bits per heavy atom. The summed E-state index contributed by atoms with van der Waals surface area (Å²) in [5.74, 6) is -1.52. The molecule has 3 heterocycles. The van der Waals surface area contributed by atoms with Crippen LogP contribution < -0.4 is 20.7 Å². The first-order valence-electron chi connectivity index (χ1n) is 11.9. The number of alkyl halides is 3. The molecule has 1 fully saturated rings. The van der Waals surface area contributed by atoms with Crippen LogP contribution in [-0.2, 0) is 9.53 Å². The molecule has 10 nitrogen and oxygen atoms in total. The highest BCUT2D eigenvalue weighted by molar-refractivity contribution is 6.02. The standard InChI is InChI=1S/C22H23F3N6O4/c1-26-21(33)13-9-27-16(30-20(32)11-4-5-11)8-14(13)29-15-10-28-31-7-6-12(18(34-2)17(15)31)19(35-3)22(23,24)25/h6-11,19H,4-5H2,1-3H3,(H,26,33)(H2,27,29,30,32)/t19-/m0/s1/i1D3. The number of rotatable bonds is 8. The quantitative estimate of drug-likeness (QED) is 0.438. The van der Waals surface area contributed by atoms with Gasteiger partial charge >= 0.3 is 6.18 Å². The number of pyridine rings is 2. The molecule has 1 aliphatic rings. The molecular formula is C22H23F3N6O4. The van der Waals surface area contributed by atoms with Crippen LogP contribution in [0.2, 0.25) is 0 Å². The van der Waals surface area contributed by atoms with Crippen LogP contribution >= 0.6 is 0 Å². The van der Waals surface area contributed by atoms with Crippen LogP contribution in [-0.4, -0.2) is 53.8 Å².